The predicted molar refractivity (Wildman–Crippen MR) is 64.9 cm³/mol. The van der Waals surface area contributed by atoms with Crippen molar-refractivity contribution in [3.8, 4) is 11.9 Å². The van der Waals surface area contributed by atoms with Crippen LogP contribution in [0.15, 0.2) is 53.8 Å². The van der Waals surface area contributed by atoms with Crippen LogP contribution in [0, 0.1) is 11.5 Å². The fraction of sp³-hybridized carbons (Fsp3) is 0. The second kappa shape index (κ2) is 5.96. The fourth-order valence-electron chi connectivity index (χ4n) is 1.19. The number of hydrogen-bond donors (Lipinski definition) is 1. The number of nitrogens with one attached hydrogen (secondary N) is 1. The van der Waals surface area contributed by atoms with Crippen molar-refractivity contribution in [3.05, 3.63) is 48.8 Å². The van der Waals surface area contributed by atoms with E-state index in [1.807, 2.05) is 18.2 Å². The average molecular weight is 239 g/mol. The van der Waals surface area contributed by atoms with Gasteiger partial charge in [-0.2, -0.15) is 20.5 Å². The van der Waals surface area contributed by atoms with Crippen molar-refractivity contribution >= 4 is 11.7 Å². The number of nitriles is 1. The van der Waals surface area contributed by atoms with Crippen LogP contribution >= 0.6 is 0 Å². The van der Waals surface area contributed by atoms with E-state index in [1.165, 1.54) is 12.4 Å². The van der Waals surface area contributed by atoms with Crippen LogP contribution in [0.5, 0.6) is 5.75 Å². The van der Waals surface area contributed by atoms with E-state index in [1.54, 1.807) is 24.4 Å². The molecule has 0 saturated heterocycles. The molecule has 2 rings (SSSR count). The molecular weight excluding hydrogens is 230 g/mol. The summed E-state index contributed by atoms with van der Waals surface area (Å²) in [6.45, 7) is 0. The molecule has 88 valence electrons. The summed E-state index contributed by atoms with van der Waals surface area (Å²) in [5, 5.41) is 18.3. The molecule has 0 unspecified atom stereocenters. The van der Waals surface area contributed by atoms with Gasteiger partial charge in [0.25, 0.3) is 0 Å². The zero-order valence-electron chi connectivity index (χ0n) is 9.32. The first-order chi connectivity index (χ1) is 8.88. The number of aliphatic imine (C=N–C) groups is 1. The van der Waals surface area contributed by atoms with E-state index >= 15 is 0 Å². The molecule has 1 aromatic carbocycles. The van der Waals surface area contributed by atoms with Gasteiger partial charge in [-0.1, -0.05) is 18.2 Å². The van der Waals surface area contributed by atoms with Gasteiger partial charge >= 0.3 is 6.02 Å². The highest BCUT2D eigenvalue weighted by Gasteiger charge is 2.02. The molecule has 0 bridgehead atoms. The lowest BCUT2D eigenvalue weighted by Gasteiger charge is -2.05. The Hall–Kier alpha value is -2.94. The van der Waals surface area contributed by atoms with Crippen molar-refractivity contribution in [2.24, 2.45) is 4.99 Å². The van der Waals surface area contributed by atoms with Gasteiger partial charge in [0.1, 0.15) is 5.75 Å². The zero-order valence-corrected chi connectivity index (χ0v) is 9.32. The van der Waals surface area contributed by atoms with Crippen LogP contribution in [0.4, 0.5) is 5.69 Å². The third kappa shape index (κ3) is 3.28. The van der Waals surface area contributed by atoms with Crippen LogP contribution in [0.3, 0.4) is 0 Å². The molecule has 0 aliphatic heterocycles. The highest BCUT2D eigenvalue weighted by Crippen LogP contribution is 2.11. The molecule has 1 heterocycles. The lowest BCUT2D eigenvalue weighted by atomic mass is 10.3. The number of amidine groups is 1. The molecule has 0 amide bonds. The summed E-state index contributed by atoms with van der Waals surface area (Å²) in [7, 11) is 0. The molecule has 18 heavy (non-hydrogen) atoms. The van der Waals surface area contributed by atoms with E-state index < -0.39 is 0 Å². The highest BCUT2D eigenvalue weighted by molar-refractivity contribution is 5.80. The van der Waals surface area contributed by atoms with E-state index in [4.69, 9.17) is 10.00 Å². The Kier molecular flexibility index (Phi) is 3.82. The largest absolute Gasteiger partial charge is 0.425 e. The van der Waals surface area contributed by atoms with Crippen LogP contribution in [-0.4, -0.2) is 16.2 Å². The standard InChI is InChI=1S/C12H9N5O/c13-9-14-12(17-10-6-7-15-16-8-10)18-11-4-2-1-3-5-11/h1-8H,(H,14,15,17). The molecule has 0 fully saturated rings. The second-order valence-electron chi connectivity index (χ2n) is 3.17. The molecule has 0 atom stereocenters. The van der Waals surface area contributed by atoms with Gasteiger partial charge in [-0.15, -0.1) is 0 Å². The van der Waals surface area contributed by atoms with E-state index in [0.717, 1.165) is 0 Å². The van der Waals surface area contributed by atoms with Crippen LogP contribution < -0.4 is 10.1 Å². The van der Waals surface area contributed by atoms with Gasteiger partial charge in [0.2, 0.25) is 0 Å². The molecule has 2 aromatic rings. The molecule has 1 aromatic heterocycles. The maximum atomic E-state index is 8.64. The molecule has 1 N–H and O–H groups in total. The van der Waals surface area contributed by atoms with Crippen LogP contribution in [0.2, 0.25) is 0 Å². The number of rotatable bonds is 2. The summed E-state index contributed by atoms with van der Waals surface area (Å²) in [5.41, 5.74) is 0.540. The fourth-order valence-corrected chi connectivity index (χ4v) is 1.19. The minimum absolute atomic E-state index is 0.0803. The topological polar surface area (TPSA) is 83.2 Å². The Balaban J connectivity index is 2.19. The molecule has 0 spiro atoms. The monoisotopic (exact) mass is 239 g/mol. The Morgan fingerprint density at radius 3 is 2.72 bits per heavy atom. The molecule has 0 aliphatic rings. The number of aromatic nitrogens is 2. The molecular formula is C12H9N5O. The number of ether oxygens (including phenoxy) is 1. The Morgan fingerprint density at radius 1 is 1.22 bits per heavy atom. The molecule has 6 heteroatoms. The Bertz CT molecular complexity index is 562. The summed E-state index contributed by atoms with van der Waals surface area (Å²) < 4.78 is 5.43. The van der Waals surface area contributed by atoms with Gasteiger partial charge in [0.05, 0.1) is 18.1 Å². The number of nitrogens with zero attached hydrogens (tertiary/aromatic N) is 4. The minimum Gasteiger partial charge on any atom is -0.425 e. The molecule has 6 nitrogen and oxygen atoms in total. The van der Waals surface area contributed by atoms with E-state index in [2.05, 4.69) is 20.5 Å². The average Bonchev–Trinajstić information content (AvgIpc) is 2.41. The first-order valence-corrected chi connectivity index (χ1v) is 5.12. The van der Waals surface area contributed by atoms with Crippen molar-refractivity contribution in [2.75, 3.05) is 0 Å². The van der Waals surface area contributed by atoms with Gasteiger partial charge in [-0.3, -0.25) is 0 Å². The maximum absolute atomic E-state index is 8.64. The normalized spacial score (nSPS) is 10.5. The van der Waals surface area contributed by atoms with Crippen molar-refractivity contribution in [1.29, 1.82) is 5.26 Å². The van der Waals surface area contributed by atoms with E-state index in [0.29, 0.717) is 11.4 Å². The zero-order chi connectivity index (χ0) is 12.6. The van der Waals surface area contributed by atoms with Gasteiger partial charge < -0.3 is 4.74 Å². The smallest absolute Gasteiger partial charge is 0.309 e. The quantitative estimate of drug-likeness (QED) is 0.372. The molecule has 0 saturated carbocycles. The lowest BCUT2D eigenvalue weighted by Crippen LogP contribution is -2.23. The molecule has 0 aliphatic carbocycles. The first-order valence-electron chi connectivity index (χ1n) is 5.12. The summed E-state index contributed by atoms with van der Waals surface area (Å²) in [5.74, 6) is 0.584. The van der Waals surface area contributed by atoms with E-state index in [9.17, 15) is 0 Å². The second-order valence-corrected chi connectivity index (χ2v) is 3.17. The van der Waals surface area contributed by atoms with Crippen molar-refractivity contribution in [1.82, 2.24) is 15.5 Å². The third-order valence-electron chi connectivity index (χ3n) is 1.92. The van der Waals surface area contributed by atoms with Gasteiger partial charge in [-0.25, -0.2) is 5.32 Å². The van der Waals surface area contributed by atoms with Gasteiger partial charge in [-0.05, 0) is 18.2 Å². The first kappa shape index (κ1) is 11.5. The van der Waals surface area contributed by atoms with Gasteiger partial charge in [0.15, 0.2) is 6.19 Å². The predicted octanol–water partition coefficient (Wildman–Crippen LogP) is 1.61. The Labute approximate surface area is 104 Å². The number of hydrogen-bond acceptors (Lipinski definition) is 5. The van der Waals surface area contributed by atoms with Crippen molar-refractivity contribution < 1.29 is 4.74 Å². The van der Waals surface area contributed by atoms with Crippen LogP contribution in [0.25, 0.3) is 0 Å². The highest BCUT2D eigenvalue weighted by atomic mass is 16.5. The lowest BCUT2D eigenvalue weighted by molar-refractivity contribution is 0.531. The summed E-state index contributed by atoms with van der Waals surface area (Å²) >= 11 is 0. The van der Waals surface area contributed by atoms with Crippen LogP contribution in [0.1, 0.15) is 0 Å². The van der Waals surface area contributed by atoms with Crippen LogP contribution in [-0.2, 0) is 0 Å². The summed E-state index contributed by atoms with van der Waals surface area (Å²) in [6.07, 6.45) is 4.74. The minimum atomic E-state index is 0.0803. The summed E-state index contributed by atoms with van der Waals surface area (Å²) in [6, 6.07) is 10.8. The maximum Gasteiger partial charge on any atom is 0.309 e. The van der Waals surface area contributed by atoms with E-state index in [-0.39, 0.29) is 6.02 Å². The van der Waals surface area contributed by atoms with Crippen molar-refractivity contribution in [2.45, 2.75) is 0 Å². The van der Waals surface area contributed by atoms with Gasteiger partial charge in [0, 0.05) is 0 Å². The van der Waals surface area contributed by atoms with Crippen molar-refractivity contribution in [3.63, 3.8) is 0 Å². The number of benzene rings is 1. The third-order valence-corrected chi connectivity index (χ3v) is 1.92. The molecule has 0 radical (unpaired) electrons. The number of para-hydroxylation sites is 1. The Morgan fingerprint density at radius 2 is 2.06 bits per heavy atom. The SMILES string of the molecule is N#CNC(=Nc1ccnnc1)Oc1ccccc1. The summed E-state index contributed by atoms with van der Waals surface area (Å²) in [4.78, 5) is 4.10.